The van der Waals surface area contributed by atoms with Crippen LogP contribution in [0.3, 0.4) is 0 Å². The van der Waals surface area contributed by atoms with Crippen LogP contribution in [-0.4, -0.2) is 38.9 Å². The van der Waals surface area contributed by atoms with E-state index in [2.05, 4.69) is 25.1 Å². The van der Waals surface area contributed by atoms with E-state index in [9.17, 15) is 4.79 Å². The third kappa shape index (κ3) is 2.45. The number of nitrogens with zero attached hydrogens (tertiary/aromatic N) is 4. The summed E-state index contributed by atoms with van der Waals surface area (Å²) in [4.78, 5) is 19.4. The molecule has 94 valence electrons. The van der Waals surface area contributed by atoms with E-state index in [4.69, 9.17) is 0 Å². The SMILES string of the molecule is COC(=O)C(C)Nc1cccnc1-n1cncn1. The molecule has 0 aliphatic heterocycles. The summed E-state index contributed by atoms with van der Waals surface area (Å²) in [6.07, 6.45) is 4.60. The maximum Gasteiger partial charge on any atom is 0.327 e. The summed E-state index contributed by atoms with van der Waals surface area (Å²) in [5, 5.41) is 7.03. The van der Waals surface area contributed by atoms with Gasteiger partial charge in [0.15, 0.2) is 5.82 Å². The number of carbonyl (C=O) groups is 1. The van der Waals surface area contributed by atoms with Crippen molar-refractivity contribution in [1.29, 1.82) is 0 Å². The predicted molar refractivity (Wildman–Crippen MR) is 64.3 cm³/mol. The molecule has 0 radical (unpaired) electrons. The molecule has 0 aliphatic rings. The molecule has 7 nitrogen and oxygen atoms in total. The Kier molecular flexibility index (Phi) is 3.52. The summed E-state index contributed by atoms with van der Waals surface area (Å²) in [5.41, 5.74) is 0.681. The van der Waals surface area contributed by atoms with Crippen LogP contribution in [0.25, 0.3) is 5.82 Å². The first-order valence-electron chi connectivity index (χ1n) is 5.36. The molecule has 1 atom stereocenters. The molecule has 1 unspecified atom stereocenters. The number of carbonyl (C=O) groups excluding carboxylic acids is 1. The van der Waals surface area contributed by atoms with Gasteiger partial charge in [-0.05, 0) is 19.1 Å². The van der Waals surface area contributed by atoms with Gasteiger partial charge >= 0.3 is 5.97 Å². The van der Waals surface area contributed by atoms with Gasteiger partial charge in [0, 0.05) is 6.20 Å². The molecule has 2 aromatic heterocycles. The van der Waals surface area contributed by atoms with E-state index >= 15 is 0 Å². The fourth-order valence-corrected chi connectivity index (χ4v) is 1.48. The Morgan fingerprint density at radius 3 is 3.06 bits per heavy atom. The van der Waals surface area contributed by atoms with Gasteiger partial charge in [-0.3, -0.25) is 0 Å². The van der Waals surface area contributed by atoms with Crippen LogP contribution in [0.15, 0.2) is 31.0 Å². The van der Waals surface area contributed by atoms with E-state index in [1.807, 2.05) is 6.07 Å². The van der Waals surface area contributed by atoms with Gasteiger partial charge in [-0.25, -0.2) is 19.4 Å². The molecule has 0 aliphatic carbocycles. The highest BCUT2D eigenvalue weighted by atomic mass is 16.5. The molecule has 2 rings (SSSR count). The minimum Gasteiger partial charge on any atom is -0.467 e. The van der Waals surface area contributed by atoms with Crippen molar-refractivity contribution < 1.29 is 9.53 Å². The Bertz CT molecular complexity index is 526. The molecule has 0 amide bonds. The first kappa shape index (κ1) is 12.0. The lowest BCUT2D eigenvalue weighted by molar-refractivity contribution is -0.141. The average Bonchev–Trinajstić information content (AvgIpc) is 2.92. The lowest BCUT2D eigenvalue weighted by Crippen LogP contribution is -2.27. The molecule has 18 heavy (non-hydrogen) atoms. The zero-order valence-electron chi connectivity index (χ0n) is 10.1. The minimum atomic E-state index is -0.471. The van der Waals surface area contributed by atoms with Crippen molar-refractivity contribution in [2.45, 2.75) is 13.0 Å². The molecule has 1 N–H and O–H groups in total. The minimum absolute atomic E-state index is 0.344. The number of hydrogen-bond donors (Lipinski definition) is 1. The van der Waals surface area contributed by atoms with Gasteiger partial charge in [0.1, 0.15) is 18.7 Å². The Morgan fingerprint density at radius 2 is 2.39 bits per heavy atom. The first-order valence-corrected chi connectivity index (χ1v) is 5.36. The Balaban J connectivity index is 2.26. The third-order valence-electron chi connectivity index (χ3n) is 2.35. The van der Waals surface area contributed by atoms with Crippen molar-refractivity contribution in [2.24, 2.45) is 0 Å². The van der Waals surface area contributed by atoms with Crippen molar-refractivity contribution in [1.82, 2.24) is 19.7 Å². The molecule has 2 heterocycles. The number of aromatic nitrogens is 4. The smallest absolute Gasteiger partial charge is 0.327 e. The summed E-state index contributed by atoms with van der Waals surface area (Å²) in [5.74, 6) is 0.231. The fourth-order valence-electron chi connectivity index (χ4n) is 1.48. The molecule has 2 aromatic rings. The second-order valence-electron chi connectivity index (χ2n) is 3.60. The molecular formula is C11H13N5O2. The van der Waals surface area contributed by atoms with Gasteiger partial charge in [-0.2, -0.15) is 5.10 Å². The van der Waals surface area contributed by atoms with Crippen molar-refractivity contribution in [3.05, 3.63) is 31.0 Å². The summed E-state index contributed by atoms with van der Waals surface area (Å²) in [6.45, 7) is 1.71. The molecule has 0 fully saturated rings. The van der Waals surface area contributed by atoms with E-state index in [-0.39, 0.29) is 5.97 Å². The van der Waals surface area contributed by atoms with Crippen LogP contribution in [0.1, 0.15) is 6.92 Å². The molecule has 7 heteroatoms. The van der Waals surface area contributed by atoms with Gasteiger partial charge < -0.3 is 10.1 Å². The van der Waals surface area contributed by atoms with Crippen LogP contribution in [0.4, 0.5) is 5.69 Å². The highest BCUT2D eigenvalue weighted by Crippen LogP contribution is 2.16. The third-order valence-corrected chi connectivity index (χ3v) is 2.35. The second kappa shape index (κ2) is 5.26. The van der Waals surface area contributed by atoms with Gasteiger partial charge in [0.25, 0.3) is 0 Å². The van der Waals surface area contributed by atoms with Crippen LogP contribution < -0.4 is 5.32 Å². The summed E-state index contributed by atoms with van der Waals surface area (Å²) >= 11 is 0. The maximum absolute atomic E-state index is 11.4. The lowest BCUT2D eigenvalue weighted by Gasteiger charge is -2.15. The quantitative estimate of drug-likeness (QED) is 0.798. The fraction of sp³-hybridized carbons (Fsp3) is 0.273. The Morgan fingerprint density at radius 1 is 1.56 bits per heavy atom. The molecule has 0 bridgehead atoms. The highest BCUT2D eigenvalue weighted by molar-refractivity contribution is 5.79. The standard InChI is InChI=1S/C11H13N5O2/c1-8(11(17)18-2)15-9-4-3-5-13-10(9)16-7-12-6-14-16/h3-8,15H,1-2H3. The van der Waals surface area contributed by atoms with Gasteiger partial charge in [0.2, 0.25) is 0 Å². The number of hydrogen-bond acceptors (Lipinski definition) is 6. The zero-order valence-corrected chi connectivity index (χ0v) is 10.1. The van der Waals surface area contributed by atoms with Crippen LogP contribution in [0.5, 0.6) is 0 Å². The number of ether oxygens (including phenoxy) is 1. The van der Waals surface area contributed by atoms with Crippen LogP contribution in [-0.2, 0) is 9.53 Å². The number of pyridine rings is 1. The molecule has 0 saturated carbocycles. The van der Waals surface area contributed by atoms with E-state index in [0.29, 0.717) is 11.5 Å². The first-order chi connectivity index (χ1) is 8.72. The summed E-state index contributed by atoms with van der Waals surface area (Å²) in [6, 6.07) is 3.11. The van der Waals surface area contributed by atoms with Gasteiger partial charge in [0.05, 0.1) is 12.8 Å². The molecule has 0 spiro atoms. The lowest BCUT2D eigenvalue weighted by atomic mass is 10.3. The van der Waals surface area contributed by atoms with Gasteiger partial charge in [-0.15, -0.1) is 0 Å². The van der Waals surface area contributed by atoms with Crippen molar-refractivity contribution in [3.8, 4) is 5.82 Å². The number of rotatable bonds is 4. The number of methoxy groups -OCH3 is 1. The number of nitrogens with one attached hydrogen (secondary N) is 1. The van der Waals surface area contributed by atoms with Crippen molar-refractivity contribution in [2.75, 3.05) is 12.4 Å². The van der Waals surface area contributed by atoms with E-state index in [0.717, 1.165) is 0 Å². The Labute approximate surface area is 104 Å². The number of anilines is 1. The molecule has 0 saturated heterocycles. The monoisotopic (exact) mass is 247 g/mol. The van der Waals surface area contributed by atoms with Crippen LogP contribution >= 0.6 is 0 Å². The van der Waals surface area contributed by atoms with Crippen molar-refractivity contribution in [3.63, 3.8) is 0 Å². The topological polar surface area (TPSA) is 81.9 Å². The maximum atomic E-state index is 11.4. The summed E-state index contributed by atoms with van der Waals surface area (Å²) < 4.78 is 6.18. The summed E-state index contributed by atoms with van der Waals surface area (Å²) in [7, 11) is 1.35. The zero-order chi connectivity index (χ0) is 13.0. The largest absolute Gasteiger partial charge is 0.467 e. The van der Waals surface area contributed by atoms with Gasteiger partial charge in [-0.1, -0.05) is 0 Å². The van der Waals surface area contributed by atoms with E-state index in [1.165, 1.54) is 24.4 Å². The Hall–Kier alpha value is -2.44. The van der Waals surface area contributed by atoms with Crippen LogP contribution in [0.2, 0.25) is 0 Å². The molecule has 0 aromatic carbocycles. The normalized spacial score (nSPS) is 11.9. The number of esters is 1. The second-order valence-corrected chi connectivity index (χ2v) is 3.60. The average molecular weight is 247 g/mol. The predicted octanol–water partition coefficient (Wildman–Crippen LogP) is 0.636. The van der Waals surface area contributed by atoms with Crippen molar-refractivity contribution >= 4 is 11.7 Å². The van der Waals surface area contributed by atoms with Crippen LogP contribution in [0, 0.1) is 0 Å². The highest BCUT2D eigenvalue weighted by Gasteiger charge is 2.15. The van der Waals surface area contributed by atoms with E-state index < -0.39 is 6.04 Å². The van der Waals surface area contributed by atoms with E-state index in [1.54, 1.807) is 19.2 Å². The molecular weight excluding hydrogens is 234 g/mol.